The lowest BCUT2D eigenvalue weighted by molar-refractivity contribution is 0.0619. The van der Waals surface area contributed by atoms with Crippen LogP contribution in [-0.2, 0) is 0 Å². The molecule has 1 saturated carbocycles. The van der Waals surface area contributed by atoms with Gasteiger partial charge < -0.3 is 5.11 Å². The minimum atomic E-state index is -0.108. The predicted octanol–water partition coefficient (Wildman–Crippen LogP) is 3.61. The Morgan fingerprint density at radius 3 is 2.07 bits per heavy atom. The molecule has 1 heteroatoms. The van der Waals surface area contributed by atoms with Crippen LogP contribution in [0.3, 0.4) is 0 Å². The SMILES string of the molecule is CCC1CCC(C(CC)C(C)O)CC1. The fourth-order valence-electron chi connectivity index (χ4n) is 3.09. The first kappa shape index (κ1) is 12.0. The number of aliphatic hydroxyl groups is 1. The van der Waals surface area contributed by atoms with Gasteiger partial charge in [0, 0.05) is 0 Å². The van der Waals surface area contributed by atoms with Crippen LogP contribution in [0.15, 0.2) is 0 Å². The molecule has 1 N–H and O–H groups in total. The Morgan fingerprint density at radius 2 is 1.71 bits per heavy atom. The minimum Gasteiger partial charge on any atom is -0.393 e. The lowest BCUT2D eigenvalue weighted by Gasteiger charge is -2.34. The molecule has 1 fully saturated rings. The normalized spacial score (nSPS) is 32.6. The van der Waals surface area contributed by atoms with Gasteiger partial charge in [0.15, 0.2) is 0 Å². The highest BCUT2D eigenvalue weighted by Gasteiger charge is 2.28. The topological polar surface area (TPSA) is 20.2 Å². The smallest absolute Gasteiger partial charge is 0.0542 e. The third-order valence-corrected chi connectivity index (χ3v) is 4.17. The number of aliphatic hydroxyl groups excluding tert-OH is 1. The zero-order valence-electron chi connectivity index (χ0n) is 10.00. The van der Waals surface area contributed by atoms with E-state index in [0.29, 0.717) is 5.92 Å². The van der Waals surface area contributed by atoms with Crippen LogP contribution in [0.5, 0.6) is 0 Å². The van der Waals surface area contributed by atoms with Crippen LogP contribution in [0, 0.1) is 17.8 Å². The molecule has 1 aliphatic rings. The molecular weight excluding hydrogens is 172 g/mol. The van der Waals surface area contributed by atoms with Crippen LogP contribution in [0.4, 0.5) is 0 Å². The van der Waals surface area contributed by atoms with E-state index in [2.05, 4.69) is 13.8 Å². The van der Waals surface area contributed by atoms with E-state index in [-0.39, 0.29) is 6.10 Å². The number of rotatable bonds is 4. The van der Waals surface area contributed by atoms with Gasteiger partial charge in [-0.2, -0.15) is 0 Å². The Hall–Kier alpha value is -0.0400. The van der Waals surface area contributed by atoms with Crippen LogP contribution in [0.1, 0.15) is 59.3 Å². The van der Waals surface area contributed by atoms with Gasteiger partial charge >= 0.3 is 0 Å². The molecule has 14 heavy (non-hydrogen) atoms. The fourth-order valence-corrected chi connectivity index (χ4v) is 3.09. The molecular formula is C13H26O. The van der Waals surface area contributed by atoms with Crippen LogP contribution in [0.2, 0.25) is 0 Å². The van der Waals surface area contributed by atoms with Gasteiger partial charge in [0.05, 0.1) is 6.10 Å². The molecule has 0 aromatic rings. The maximum Gasteiger partial charge on any atom is 0.0542 e. The number of hydrogen-bond donors (Lipinski definition) is 1. The first-order chi connectivity index (χ1) is 6.69. The first-order valence-corrected chi connectivity index (χ1v) is 6.37. The van der Waals surface area contributed by atoms with Crippen molar-refractivity contribution in [2.24, 2.45) is 17.8 Å². The van der Waals surface area contributed by atoms with E-state index in [4.69, 9.17) is 0 Å². The van der Waals surface area contributed by atoms with E-state index in [1.807, 2.05) is 6.92 Å². The summed E-state index contributed by atoms with van der Waals surface area (Å²) in [4.78, 5) is 0. The summed E-state index contributed by atoms with van der Waals surface area (Å²) in [6, 6.07) is 0. The molecule has 0 radical (unpaired) electrons. The van der Waals surface area contributed by atoms with E-state index in [9.17, 15) is 5.11 Å². The Kier molecular flexibility index (Phi) is 4.94. The third-order valence-electron chi connectivity index (χ3n) is 4.17. The van der Waals surface area contributed by atoms with Gasteiger partial charge in [0.2, 0.25) is 0 Å². The summed E-state index contributed by atoms with van der Waals surface area (Å²) in [5.74, 6) is 2.31. The van der Waals surface area contributed by atoms with Crippen molar-refractivity contribution in [3.05, 3.63) is 0 Å². The van der Waals surface area contributed by atoms with Gasteiger partial charge in [0.25, 0.3) is 0 Å². The molecule has 0 aromatic heterocycles. The maximum absolute atomic E-state index is 9.69. The van der Waals surface area contributed by atoms with E-state index in [1.165, 1.54) is 32.1 Å². The summed E-state index contributed by atoms with van der Waals surface area (Å²) in [6.45, 7) is 6.47. The van der Waals surface area contributed by atoms with Crippen molar-refractivity contribution < 1.29 is 5.11 Å². The molecule has 0 amide bonds. The Bertz CT molecular complexity index is 145. The van der Waals surface area contributed by atoms with Crippen molar-refractivity contribution >= 4 is 0 Å². The van der Waals surface area contributed by atoms with E-state index >= 15 is 0 Å². The molecule has 84 valence electrons. The molecule has 0 aromatic carbocycles. The van der Waals surface area contributed by atoms with E-state index < -0.39 is 0 Å². The third kappa shape index (κ3) is 2.98. The summed E-state index contributed by atoms with van der Waals surface area (Å²) in [5, 5.41) is 9.69. The Balaban J connectivity index is 2.39. The Labute approximate surface area is 88.9 Å². The molecule has 2 unspecified atom stereocenters. The molecule has 1 aliphatic carbocycles. The summed E-state index contributed by atoms with van der Waals surface area (Å²) in [7, 11) is 0. The lowest BCUT2D eigenvalue weighted by atomic mass is 9.73. The largest absolute Gasteiger partial charge is 0.393 e. The summed E-state index contributed by atoms with van der Waals surface area (Å²) >= 11 is 0. The second-order valence-corrected chi connectivity index (χ2v) is 5.00. The van der Waals surface area contributed by atoms with Crippen molar-refractivity contribution in [2.45, 2.75) is 65.4 Å². The molecule has 0 spiro atoms. The van der Waals surface area contributed by atoms with Gasteiger partial charge in [-0.15, -0.1) is 0 Å². The van der Waals surface area contributed by atoms with Crippen LogP contribution >= 0.6 is 0 Å². The monoisotopic (exact) mass is 198 g/mol. The average molecular weight is 198 g/mol. The molecule has 2 atom stereocenters. The lowest BCUT2D eigenvalue weighted by Crippen LogP contribution is -2.28. The highest BCUT2D eigenvalue weighted by molar-refractivity contribution is 4.79. The van der Waals surface area contributed by atoms with Crippen LogP contribution < -0.4 is 0 Å². The zero-order valence-corrected chi connectivity index (χ0v) is 10.00. The molecule has 0 saturated heterocycles. The predicted molar refractivity (Wildman–Crippen MR) is 61.2 cm³/mol. The molecule has 1 rings (SSSR count). The highest BCUT2D eigenvalue weighted by Crippen LogP contribution is 2.37. The molecule has 1 nitrogen and oxygen atoms in total. The second-order valence-electron chi connectivity index (χ2n) is 5.00. The van der Waals surface area contributed by atoms with Crippen molar-refractivity contribution in [1.82, 2.24) is 0 Å². The number of hydrogen-bond acceptors (Lipinski definition) is 1. The highest BCUT2D eigenvalue weighted by atomic mass is 16.3. The van der Waals surface area contributed by atoms with Crippen LogP contribution in [0.25, 0.3) is 0 Å². The minimum absolute atomic E-state index is 0.108. The van der Waals surface area contributed by atoms with Gasteiger partial charge in [0.1, 0.15) is 0 Å². The van der Waals surface area contributed by atoms with Crippen molar-refractivity contribution in [1.29, 1.82) is 0 Å². The molecule has 0 aliphatic heterocycles. The van der Waals surface area contributed by atoms with E-state index in [1.54, 1.807) is 0 Å². The first-order valence-electron chi connectivity index (χ1n) is 6.37. The van der Waals surface area contributed by atoms with Crippen molar-refractivity contribution in [3.63, 3.8) is 0 Å². The average Bonchev–Trinajstić information content (AvgIpc) is 2.19. The van der Waals surface area contributed by atoms with E-state index in [0.717, 1.165) is 18.3 Å². The fraction of sp³-hybridized carbons (Fsp3) is 1.00. The van der Waals surface area contributed by atoms with Gasteiger partial charge in [-0.1, -0.05) is 39.5 Å². The molecule has 0 bridgehead atoms. The second kappa shape index (κ2) is 5.75. The van der Waals surface area contributed by atoms with Gasteiger partial charge in [-0.3, -0.25) is 0 Å². The Morgan fingerprint density at radius 1 is 1.14 bits per heavy atom. The van der Waals surface area contributed by atoms with Crippen molar-refractivity contribution in [2.75, 3.05) is 0 Å². The summed E-state index contributed by atoms with van der Waals surface area (Å²) < 4.78 is 0. The van der Waals surface area contributed by atoms with Crippen LogP contribution in [-0.4, -0.2) is 11.2 Å². The molecule has 0 heterocycles. The van der Waals surface area contributed by atoms with Gasteiger partial charge in [-0.25, -0.2) is 0 Å². The summed E-state index contributed by atoms with van der Waals surface area (Å²) in [6.07, 6.45) is 7.86. The quantitative estimate of drug-likeness (QED) is 0.731. The zero-order chi connectivity index (χ0) is 10.6. The standard InChI is InChI=1S/C13H26O/c1-4-11-6-8-12(9-7-11)13(5-2)10(3)14/h10-14H,4-9H2,1-3H3. The van der Waals surface area contributed by atoms with Gasteiger partial charge in [-0.05, 0) is 37.5 Å². The summed E-state index contributed by atoms with van der Waals surface area (Å²) in [5.41, 5.74) is 0. The van der Waals surface area contributed by atoms with Crippen molar-refractivity contribution in [3.8, 4) is 0 Å². The maximum atomic E-state index is 9.69.